The van der Waals surface area contributed by atoms with Crippen LogP contribution in [0.5, 0.6) is 0 Å². The number of hydrogen-bond acceptors (Lipinski definition) is 4. The summed E-state index contributed by atoms with van der Waals surface area (Å²) in [6.07, 6.45) is 3.42. The summed E-state index contributed by atoms with van der Waals surface area (Å²) in [4.78, 5) is 30.9. The van der Waals surface area contributed by atoms with Crippen LogP contribution in [0.15, 0.2) is 24.3 Å². The van der Waals surface area contributed by atoms with E-state index in [1.165, 1.54) is 6.42 Å². The molecule has 0 saturated carbocycles. The van der Waals surface area contributed by atoms with E-state index < -0.39 is 0 Å². The molecule has 154 valence electrons. The number of piperazine rings is 1. The molecule has 0 radical (unpaired) electrons. The quantitative estimate of drug-likeness (QED) is 0.726. The third kappa shape index (κ3) is 5.69. The molecule has 1 atom stereocenters. The van der Waals surface area contributed by atoms with Gasteiger partial charge in [0, 0.05) is 43.8 Å². The van der Waals surface area contributed by atoms with Gasteiger partial charge in [0.2, 0.25) is 11.8 Å². The summed E-state index contributed by atoms with van der Waals surface area (Å²) in [7, 11) is 0. The van der Waals surface area contributed by atoms with Gasteiger partial charge in [-0.25, -0.2) is 0 Å². The maximum absolute atomic E-state index is 12.6. The Bertz CT molecular complexity index is 677. The van der Waals surface area contributed by atoms with E-state index in [0.29, 0.717) is 37.3 Å². The van der Waals surface area contributed by atoms with Gasteiger partial charge in [-0.05, 0) is 37.8 Å². The van der Waals surface area contributed by atoms with Crippen LogP contribution < -0.4 is 0 Å². The smallest absolute Gasteiger partial charge is 0.248 e. The van der Waals surface area contributed by atoms with E-state index in [1.54, 1.807) is 0 Å². The van der Waals surface area contributed by atoms with E-state index >= 15 is 0 Å². The van der Waals surface area contributed by atoms with E-state index in [2.05, 4.69) is 11.8 Å². The Kier molecular flexibility index (Phi) is 7.71. The lowest BCUT2D eigenvalue weighted by molar-refractivity contribution is -0.139. The van der Waals surface area contributed by atoms with Crippen molar-refractivity contribution in [3.8, 4) is 0 Å². The van der Waals surface area contributed by atoms with E-state index in [-0.39, 0.29) is 18.4 Å². The Balaban J connectivity index is 1.37. The zero-order chi connectivity index (χ0) is 19.9. The number of hydrogen-bond donors (Lipinski definition) is 0. The summed E-state index contributed by atoms with van der Waals surface area (Å²) in [5, 5.41) is 0.649. The van der Waals surface area contributed by atoms with Gasteiger partial charge in [0.15, 0.2) is 0 Å². The molecule has 0 aromatic heterocycles. The second-order valence-electron chi connectivity index (χ2n) is 7.67. The predicted octanol–water partition coefficient (Wildman–Crippen LogP) is 2.40. The summed E-state index contributed by atoms with van der Waals surface area (Å²) >= 11 is 6.10. The second kappa shape index (κ2) is 10.2. The van der Waals surface area contributed by atoms with Crippen molar-refractivity contribution >= 4 is 23.4 Å². The van der Waals surface area contributed by atoms with Crippen LogP contribution in [0.4, 0.5) is 0 Å². The van der Waals surface area contributed by atoms with Gasteiger partial charge >= 0.3 is 0 Å². The zero-order valence-electron chi connectivity index (χ0n) is 16.6. The van der Waals surface area contributed by atoms with Crippen molar-refractivity contribution in [3.63, 3.8) is 0 Å². The minimum atomic E-state index is -0.0114. The first-order chi connectivity index (χ1) is 13.5. The molecule has 6 nitrogen and oxygen atoms in total. The molecule has 2 amide bonds. The molecule has 0 spiro atoms. The topological polar surface area (TPSA) is 53.1 Å². The zero-order valence-corrected chi connectivity index (χ0v) is 17.4. The van der Waals surface area contributed by atoms with Crippen LogP contribution in [0, 0.1) is 0 Å². The molecule has 0 bridgehead atoms. The Labute approximate surface area is 172 Å². The van der Waals surface area contributed by atoms with E-state index in [1.807, 2.05) is 34.1 Å². The maximum atomic E-state index is 12.6. The first-order valence-corrected chi connectivity index (χ1v) is 10.5. The van der Waals surface area contributed by atoms with E-state index in [9.17, 15) is 9.59 Å². The third-order valence-electron chi connectivity index (χ3n) is 5.65. The van der Waals surface area contributed by atoms with Gasteiger partial charge in [-0.2, -0.15) is 0 Å². The van der Waals surface area contributed by atoms with Crippen LogP contribution >= 0.6 is 11.6 Å². The number of nitrogens with zero attached hydrogens (tertiary/aromatic N) is 3. The molecule has 2 heterocycles. The predicted molar refractivity (Wildman–Crippen MR) is 109 cm³/mol. The molecule has 1 aromatic rings. The monoisotopic (exact) mass is 407 g/mol. The number of amides is 2. The molecule has 2 saturated heterocycles. The standard InChI is InChI=1S/C21H30ClN3O3/c1-17-6-4-5-9-25(17)20(26)14-23-10-12-24(13-11-23)21(27)16-28-15-18-7-2-3-8-19(18)22/h2-3,7-8,17H,4-6,9-16H2,1H3. The van der Waals surface area contributed by atoms with Gasteiger partial charge in [-0.1, -0.05) is 29.8 Å². The number of carbonyl (C=O) groups excluding carboxylic acids is 2. The first kappa shape index (κ1) is 21.1. The molecule has 0 N–H and O–H groups in total. The number of piperidine rings is 1. The fourth-order valence-electron chi connectivity index (χ4n) is 3.86. The molecule has 3 rings (SSSR count). The lowest BCUT2D eigenvalue weighted by atomic mass is 10.0. The van der Waals surface area contributed by atoms with Crippen molar-refractivity contribution in [1.82, 2.24) is 14.7 Å². The first-order valence-electron chi connectivity index (χ1n) is 10.2. The van der Waals surface area contributed by atoms with Crippen LogP contribution in [-0.2, 0) is 20.9 Å². The van der Waals surface area contributed by atoms with Gasteiger partial charge in [0.05, 0.1) is 13.2 Å². The highest BCUT2D eigenvalue weighted by atomic mass is 35.5. The fourth-order valence-corrected chi connectivity index (χ4v) is 4.05. The molecule has 7 heteroatoms. The Hall–Kier alpha value is -1.63. The summed E-state index contributed by atoms with van der Waals surface area (Å²) in [6.45, 7) is 6.57. The summed E-state index contributed by atoms with van der Waals surface area (Å²) in [5.74, 6) is 0.206. The average molecular weight is 408 g/mol. The lowest BCUT2D eigenvalue weighted by Gasteiger charge is -2.38. The van der Waals surface area contributed by atoms with Gasteiger partial charge in [-0.15, -0.1) is 0 Å². The SMILES string of the molecule is CC1CCCCN1C(=O)CN1CCN(C(=O)COCc2ccccc2Cl)CC1. The minimum absolute atomic E-state index is 0.0114. The van der Waals surface area contributed by atoms with E-state index in [4.69, 9.17) is 16.3 Å². The van der Waals surface area contributed by atoms with Crippen molar-refractivity contribution in [1.29, 1.82) is 0 Å². The highest BCUT2D eigenvalue weighted by Gasteiger charge is 2.27. The molecule has 2 fully saturated rings. The largest absolute Gasteiger partial charge is 0.367 e. The number of ether oxygens (including phenoxy) is 1. The fraction of sp³-hybridized carbons (Fsp3) is 0.619. The molecule has 2 aliphatic heterocycles. The van der Waals surface area contributed by atoms with E-state index in [0.717, 1.165) is 38.0 Å². The van der Waals surface area contributed by atoms with Crippen molar-refractivity contribution in [3.05, 3.63) is 34.9 Å². The number of halogens is 1. The second-order valence-corrected chi connectivity index (χ2v) is 8.08. The van der Waals surface area contributed by atoms with Crippen LogP contribution in [0.2, 0.25) is 5.02 Å². The number of likely N-dealkylation sites (tertiary alicyclic amines) is 1. The Morgan fingerprint density at radius 3 is 2.54 bits per heavy atom. The summed E-state index contributed by atoms with van der Waals surface area (Å²) < 4.78 is 5.55. The van der Waals surface area contributed by atoms with Gasteiger partial charge in [0.1, 0.15) is 6.61 Å². The molecular weight excluding hydrogens is 378 g/mol. The molecule has 1 unspecified atom stereocenters. The average Bonchev–Trinajstić information content (AvgIpc) is 2.70. The molecule has 0 aliphatic carbocycles. The van der Waals surface area contributed by atoms with Crippen LogP contribution in [-0.4, -0.2) is 78.4 Å². The molecule has 2 aliphatic rings. The highest BCUT2D eigenvalue weighted by Crippen LogP contribution is 2.17. The Morgan fingerprint density at radius 1 is 1.07 bits per heavy atom. The van der Waals surface area contributed by atoms with Crippen LogP contribution in [0.3, 0.4) is 0 Å². The van der Waals surface area contributed by atoms with Crippen molar-refractivity contribution in [2.75, 3.05) is 45.9 Å². The summed E-state index contributed by atoms with van der Waals surface area (Å²) in [5.41, 5.74) is 0.882. The van der Waals surface area contributed by atoms with Crippen molar-refractivity contribution < 1.29 is 14.3 Å². The maximum Gasteiger partial charge on any atom is 0.248 e. The number of carbonyl (C=O) groups is 2. The third-order valence-corrected chi connectivity index (χ3v) is 6.02. The van der Waals surface area contributed by atoms with Crippen LogP contribution in [0.25, 0.3) is 0 Å². The Morgan fingerprint density at radius 2 is 1.82 bits per heavy atom. The van der Waals surface area contributed by atoms with Crippen molar-refractivity contribution in [2.45, 2.75) is 38.8 Å². The molecule has 28 heavy (non-hydrogen) atoms. The van der Waals surface area contributed by atoms with Crippen molar-refractivity contribution in [2.24, 2.45) is 0 Å². The van der Waals surface area contributed by atoms with Crippen LogP contribution in [0.1, 0.15) is 31.7 Å². The lowest BCUT2D eigenvalue weighted by Crippen LogP contribution is -2.53. The molecular formula is C21H30ClN3O3. The highest BCUT2D eigenvalue weighted by molar-refractivity contribution is 6.31. The molecule has 1 aromatic carbocycles. The van der Waals surface area contributed by atoms with Gasteiger partial charge in [0.25, 0.3) is 0 Å². The van der Waals surface area contributed by atoms with Gasteiger partial charge in [-0.3, -0.25) is 14.5 Å². The number of rotatable bonds is 6. The minimum Gasteiger partial charge on any atom is -0.367 e. The normalized spacial score (nSPS) is 21.0. The van der Waals surface area contributed by atoms with Gasteiger partial charge < -0.3 is 14.5 Å². The number of benzene rings is 1. The summed E-state index contributed by atoms with van der Waals surface area (Å²) in [6, 6.07) is 7.82.